The van der Waals surface area contributed by atoms with E-state index >= 15 is 8.78 Å². The lowest BCUT2D eigenvalue weighted by atomic mass is 10.0. The minimum absolute atomic E-state index is 0.0505. The zero-order valence-corrected chi connectivity index (χ0v) is 29.9. The van der Waals surface area contributed by atoms with Crippen LogP contribution >= 0.6 is 0 Å². The van der Waals surface area contributed by atoms with E-state index < -0.39 is 44.3 Å². The van der Waals surface area contributed by atoms with Crippen LogP contribution in [0.2, 0.25) is 18.1 Å². The Kier molecular flexibility index (Phi) is 16.7. The number of anilines is 1. The fraction of sp³-hybridized carbons (Fsp3) is 0.853. The van der Waals surface area contributed by atoms with Gasteiger partial charge in [-0.1, -0.05) is 124 Å². The van der Waals surface area contributed by atoms with Crippen LogP contribution in [0.25, 0.3) is 0 Å². The van der Waals surface area contributed by atoms with Gasteiger partial charge in [0.15, 0.2) is 14.4 Å². The molecule has 2 rings (SSSR count). The van der Waals surface area contributed by atoms with Crippen LogP contribution in [0.4, 0.5) is 14.6 Å². The molecule has 0 aliphatic carbocycles. The summed E-state index contributed by atoms with van der Waals surface area (Å²) in [6.45, 7) is 12.2. The number of nitrogen functional groups attached to an aromatic ring is 1. The van der Waals surface area contributed by atoms with Crippen molar-refractivity contribution in [1.29, 1.82) is 0 Å². The maximum Gasteiger partial charge on any atom is 0.351 e. The van der Waals surface area contributed by atoms with Crippen LogP contribution in [0.3, 0.4) is 0 Å². The number of carbonyl (C=O) groups excluding carboxylic acids is 1. The molecule has 0 bridgehead atoms. The normalized spacial score (nSPS) is 20.0. The second kappa shape index (κ2) is 19.1. The van der Waals surface area contributed by atoms with Crippen LogP contribution in [0.15, 0.2) is 17.1 Å². The monoisotopic (exact) mass is 657 g/mol. The van der Waals surface area contributed by atoms with Crippen LogP contribution < -0.4 is 11.4 Å². The number of unbranched alkanes of at least 4 members (excludes halogenated alkanes) is 15. The molecule has 1 aromatic heterocycles. The summed E-state index contributed by atoms with van der Waals surface area (Å²) in [5, 5.41) is -0.162. The van der Waals surface area contributed by atoms with Gasteiger partial charge in [-0.15, -0.1) is 0 Å². The predicted molar refractivity (Wildman–Crippen MR) is 179 cm³/mol. The third-order valence-corrected chi connectivity index (χ3v) is 13.9. The largest absolute Gasteiger partial charge is 0.453 e. The highest BCUT2D eigenvalue weighted by Gasteiger charge is 2.62. The van der Waals surface area contributed by atoms with Gasteiger partial charge in [-0.2, -0.15) is 13.8 Å². The van der Waals surface area contributed by atoms with Gasteiger partial charge in [0.1, 0.15) is 11.9 Å². The van der Waals surface area contributed by atoms with Gasteiger partial charge in [-0.25, -0.2) is 4.79 Å². The van der Waals surface area contributed by atoms with E-state index in [2.05, 4.69) is 11.9 Å². The number of esters is 1. The molecule has 0 saturated carbocycles. The molecule has 1 aliphatic rings. The molecule has 0 unspecified atom stereocenters. The maximum atomic E-state index is 15.8. The highest BCUT2D eigenvalue weighted by molar-refractivity contribution is 6.74. The minimum atomic E-state index is -3.69. The number of carbonyl (C=O) groups is 1. The first-order valence-corrected chi connectivity index (χ1v) is 20.3. The number of ether oxygens (including phenoxy) is 2. The predicted octanol–water partition coefficient (Wildman–Crippen LogP) is 8.94. The first-order valence-electron chi connectivity index (χ1n) is 17.4. The van der Waals surface area contributed by atoms with Crippen LogP contribution in [0.5, 0.6) is 0 Å². The van der Waals surface area contributed by atoms with Crippen molar-refractivity contribution >= 4 is 20.1 Å². The van der Waals surface area contributed by atoms with E-state index in [9.17, 15) is 9.59 Å². The average Bonchev–Trinajstić information content (AvgIpc) is 3.20. The summed E-state index contributed by atoms with van der Waals surface area (Å²) in [5.41, 5.74) is 4.58. The highest BCUT2D eigenvalue weighted by atomic mass is 28.4. The van der Waals surface area contributed by atoms with Crippen molar-refractivity contribution in [1.82, 2.24) is 9.55 Å². The van der Waals surface area contributed by atoms with Gasteiger partial charge in [0.05, 0.1) is 6.61 Å². The first-order chi connectivity index (χ1) is 21.2. The van der Waals surface area contributed by atoms with Crippen molar-refractivity contribution in [3.05, 3.63) is 22.7 Å². The van der Waals surface area contributed by atoms with Crippen molar-refractivity contribution in [2.45, 2.75) is 179 Å². The van der Waals surface area contributed by atoms with Crippen LogP contribution in [0.1, 0.15) is 143 Å². The van der Waals surface area contributed by atoms with Crippen LogP contribution in [-0.2, 0) is 18.7 Å². The summed E-state index contributed by atoms with van der Waals surface area (Å²) in [4.78, 5) is 28.7. The van der Waals surface area contributed by atoms with E-state index in [1.54, 1.807) is 0 Å². The average molecular weight is 658 g/mol. The number of hydrogen-bond donors (Lipinski definition) is 1. The Bertz CT molecular complexity index is 1060. The minimum Gasteiger partial charge on any atom is -0.453 e. The zero-order valence-electron chi connectivity index (χ0n) is 28.9. The number of nitrogens with two attached hydrogens (primary N) is 1. The van der Waals surface area contributed by atoms with Gasteiger partial charge < -0.3 is 19.6 Å². The summed E-state index contributed by atoms with van der Waals surface area (Å²) in [5.74, 6) is -4.47. The number of aromatic nitrogens is 2. The lowest BCUT2D eigenvalue weighted by Crippen LogP contribution is -2.47. The topological polar surface area (TPSA) is 106 Å². The van der Waals surface area contributed by atoms with E-state index in [-0.39, 0.29) is 23.9 Å². The first kappa shape index (κ1) is 39.3. The molecule has 1 aromatic rings. The Morgan fingerprint density at radius 3 is 1.91 bits per heavy atom. The third-order valence-electron chi connectivity index (χ3n) is 9.36. The van der Waals surface area contributed by atoms with Crippen LogP contribution in [-0.4, -0.2) is 48.6 Å². The number of halogens is 2. The molecule has 1 aliphatic heterocycles. The lowest BCUT2D eigenvalue weighted by molar-refractivity contribution is -0.176. The van der Waals surface area contributed by atoms with Crippen molar-refractivity contribution in [2.24, 2.45) is 0 Å². The molecule has 0 radical (unpaired) electrons. The summed E-state index contributed by atoms with van der Waals surface area (Å²) in [6, 6.07) is 1.25. The second-order valence-electron chi connectivity index (χ2n) is 14.3. The molecule has 3 atom stereocenters. The molecule has 11 heteroatoms. The quantitative estimate of drug-likeness (QED) is 0.0754. The molecule has 8 nitrogen and oxygen atoms in total. The molecular weight excluding hydrogens is 596 g/mol. The van der Waals surface area contributed by atoms with E-state index in [1.807, 2.05) is 33.9 Å². The SMILES string of the molecule is CCCCCCCCCCCCCCCCCCC(=O)O[C@@H]1[C@@H](CO[Si](C)(C)C(C)(C)C)O[C@@H](n2ccc(N)nc2=O)C1(F)F. The second-order valence-corrected chi connectivity index (χ2v) is 19.1. The number of hydrogen-bond acceptors (Lipinski definition) is 7. The number of nitrogens with zero attached hydrogens (tertiary/aromatic N) is 2. The molecule has 0 spiro atoms. The Labute approximate surface area is 271 Å². The Hall–Kier alpha value is -1.85. The van der Waals surface area contributed by atoms with Crippen molar-refractivity contribution < 1.29 is 27.5 Å². The fourth-order valence-electron chi connectivity index (χ4n) is 5.38. The number of alkyl halides is 2. The van der Waals surface area contributed by atoms with E-state index in [1.165, 1.54) is 83.1 Å². The van der Waals surface area contributed by atoms with Gasteiger partial charge in [0.25, 0.3) is 0 Å². The molecular formula is C34H61F2N3O5Si. The van der Waals surface area contributed by atoms with Crippen molar-refractivity contribution in [3.63, 3.8) is 0 Å². The smallest absolute Gasteiger partial charge is 0.351 e. The highest BCUT2D eigenvalue weighted by Crippen LogP contribution is 2.45. The molecule has 45 heavy (non-hydrogen) atoms. The molecule has 2 N–H and O–H groups in total. The molecule has 1 fully saturated rings. The molecule has 0 aromatic carbocycles. The number of rotatable bonds is 22. The molecule has 0 amide bonds. The zero-order chi connectivity index (χ0) is 33.5. The maximum absolute atomic E-state index is 15.8. The molecule has 2 heterocycles. The Morgan fingerprint density at radius 2 is 1.44 bits per heavy atom. The summed E-state index contributed by atoms with van der Waals surface area (Å²) in [6.07, 6.45) is 15.4. The Morgan fingerprint density at radius 1 is 0.956 bits per heavy atom. The fourth-order valence-corrected chi connectivity index (χ4v) is 6.39. The molecule has 260 valence electrons. The standard InChI is InChI=1S/C34H61F2N3O5Si/c1-7-8-9-10-11-12-13-14-15-16-17-18-19-20-21-22-23-29(40)44-30-27(26-42-45(5,6)33(2,3)4)43-31(34(30,35)36)39-25-24-28(37)38-32(39)41/h24-25,27,30-31H,7-23,26H2,1-6H3,(H2,37,38,41)/t27-,30-,31-/m1/s1. The van der Waals surface area contributed by atoms with Gasteiger partial charge in [0.2, 0.25) is 6.23 Å². The summed E-state index contributed by atoms with van der Waals surface area (Å²) < 4.78 is 49.5. The van der Waals surface area contributed by atoms with Crippen LogP contribution in [0, 0.1) is 0 Å². The van der Waals surface area contributed by atoms with E-state index in [0.29, 0.717) is 11.0 Å². The van der Waals surface area contributed by atoms with E-state index in [0.717, 1.165) is 25.5 Å². The third kappa shape index (κ3) is 13.1. The van der Waals surface area contributed by atoms with Gasteiger partial charge >= 0.3 is 17.6 Å². The van der Waals surface area contributed by atoms with Gasteiger partial charge in [0, 0.05) is 12.6 Å². The van der Waals surface area contributed by atoms with Crippen molar-refractivity contribution in [2.75, 3.05) is 12.3 Å². The summed E-state index contributed by atoms with van der Waals surface area (Å²) in [7, 11) is -2.33. The summed E-state index contributed by atoms with van der Waals surface area (Å²) >= 11 is 0. The lowest BCUT2D eigenvalue weighted by Gasteiger charge is -2.37. The molecule has 1 saturated heterocycles. The van der Waals surface area contributed by atoms with Crippen molar-refractivity contribution in [3.8, 4) is 0 Å². The Balaban J connectivity index is 1.78. The van der Waals surface area contributed by atoms with Gasteiger partial charge in [-0.05, 0) is 30.6 Å². The van der Waals surface area contributed by atoms with E-state index in [4.69, 9.17) is 19.6 Å². The van der Waals surface area contributed by atoms with Gasteiger partial charge in [-0.3, -0.25) is 9.36 Å².